The van der Waals surface area contributed by atoms with E-state index in [0.717, 1.165) is 35.9 Å². The van der Waals surface area contributed by atoms with Gasteiger partial charge < -0.3 is 5.32 Å². The number of aliphatic imine (C=N–C) groups is 1. The Balaban J connectivity index is 0.000000670. The van der Waals surface area contributed by atoms with Crippen LogP contribution in [0.1, 0.15) is 58.6 Å². The van der Waals surface area contributed by atoms with Gasteiger partial charge in [-0.2, -0.15) is 13.2 Å². The van der Waals surface area contributed by atoms with Crippen molar-refractivity contribution >= 4 is 18.0 Å². The van der Waals surface area contributed by atoms with Crippen LogP contribution in [0, 0.1) is 0 Å². The van der Waals surface area contributed by atoms with Gasteiger partial charge in [-0.05, 0) is 66.3 Å². The van der Waals surface area contributed by atoms with Crippen LogP contribution in [0.25, 0.3) is 17.2 Å². The van der Waals surface area contributed by atoms with Crippen molar-refractivity contribution in [3.05, 3.63) is 96.9 Å². The average Bonchev–Trinajstić information content (AvgIpc) is 3.11. The second-order valence-corrected chi connectivity index (χ2v) is 7.99. The van der Waals surface area contributed by atoms with E-state index in [-0.39, 0.29) is 5.41 Å². The normalized spacial score (nSPS) is 16.9. The maximum Gasteiger partial charge on any atom is 0.388 e. The molecular formula is C30H37F3N2. The summed E-state index contributed by atoms with van der Waals surface area (Å²) in [5.74, 6) is 0. The largest absolute Gasteiger partial charge is 0.388 e. The molecule has 188 valence electrons. The smallest absolute Gasteiger partial charge is 0.358 e. The van der Waals surface area contributed by atoms with Crippen molar-refractivity contribution in [1.29, 1.82) is 0 Å². The lowest BCUT2D eigenvalue weighted by Crippen LogP contribution is -2.22. The molecule has 0 aliphatic carbocycles. The van der Waals surface area contributed by atoms with Crippen molar-refractivity contribution in [1.82, 2.24) is 0 Å². The molecule has 1 N–H and O–H groups in total. The number of anilines is 1. The Morgan fingerprint density at radius 1 is 1.09 bits per heavy atom. The van der Waals surface area contributed by atoms with Crippen LogP contribution in [0.5, 0.6) is 0 Å². The van der Waals surface area contributed by atoms with Gasteiger partial charge in [0.05, 0.1) is 0 Å². The predicted molar refractivity (Wildman–Crippen MR) is 147 cm³/mol. The molecule has 2 aromatic carbocycles. The van der Waals surface area contributed by atoms with Gasteiger partial charge in [0.1, 0.15) is 0 Å². The van der Waals surface area contributed by atoms with E-state index in [4.69, 9.17) is 0 Å². The summed E-state index contributed by atoms with van der Waals surface area (Å²) < 4.78 is 32.4. The molecule has 0 fully saturated rings. The van der Waals surface area contributed by atoms with E-state index in [1.165, 1.54) is 16.7 Å². The Bertz CT molecular complexity index is 1080. The van der Waals surface area contributed by atoms with Gasteiger partial charge in [-0.15, -0.1) is 0 Å². The molecule has 0 saturated carbocycles. The molecule has 0 aromatic heterocycles. The van der Waals surface area contributed by atoms with Crippen LogP contribution in [0.2, 0.25) is 0 Å². The third-order valence-electron chi connectivity index (χ3n) is 5.63. The van der Waals surface area contributed by atoms with Gasteiger partial charge >= 0.3 is 6.18 Å². The highest BCUT2D eigenvalue weighted by Crippen LogP contribution is 2.48. The molecule has 0 saturated heterocycles. The number of alkyl halides is 3. The molecule has 3 rings (SSSR count). The summed E-state index contributed by atoms with van der Waals surface area (Å²) >= 11 is 0. The summed E-state index contributed by atoms with van der Waals surface area (Å²) in [5, 5.41) is 3.46. The van der Waals surface area contributed by atoms with Crippen LogP contribution in [0.4, 0.5) is 18.9 Å². The zero-order valence-corrected chi connectivity index (χ0v) is 21.5. The number of rotatable bonds is 6. The Kier molecular flexibility index (Phi) is 11.5. The van der Waals surface area contributed by atoms with Crippen molar-refractivity contribution in [3.8, 4) is 11.1 Å². The van der Waals surface area contributed by atoms with Crippen molar-refractivity contribution in [2.75, 3.05) is 5.32 Å². The maximum absolute atomic E-state index is 10.8. The van der Waals surface area contributed by atoms with E-state index in [2.05, 4.69) is 79.4 Å². The van der Waals surface area contributed by atoms with E-state index in [1.54, 1.807) is 6.21 Å². The van der Waals surface area contributed by atoms with Gasteiger partial charge in [-0.25, -0.2) is 0 Å². The first-order chi connectivity index (χ1) is 16.6. The van der Waals surface area contributed by atoms with Crippen molar-refractivity contribution < 1.29 is 13.2 Å². The van der Waals surface area contributed by atoms with Crippen molar-refractivity contribution in [3.63, 3.8) is 0 Å². The monoisotopic (exact) mass is 482 g/mol. The number of allylic oxidation sites excluding steroid dienone is 3. The van der Waals surface area contributed by atoms with Crippen LogP contribution in [0.3, 0.4) is 0 Å². The summed E-state index contributed by atoms with van der Waals surface area (Å²) in [6.45, 7) is 21.3. The second kappa shape index (κ2) is 13.5. The number of hydrogen-bond donors (Lipinski definition) is 1. The minimum Gasteiger partial charge on any atom is -0.358 e. The summed E-state index contributed by atoms with van der Waals surface area (Å²) in [4.78, 5) is 4.26. The van der Waals surface area contributed by atoms with Gasteiger partial charge in [0.15, 0.2) is 0 Å². The van der Waals surface area contributed by atoms with Crippen LogP contribution < -0.4 is 5.32 Å². The fraction of sp³-hybridized carbons (Fsp3) is 0.300. The molecule has 2 aromatic rings. The second-order valence-electron chi connectivity index (χ2n) is 7.99. The highest BCUT2D eigenvalue weighted by atomic mass is 19.4. The summed E-state index contributed by atoms with van der Waals surface area (Å²) in [5.41, 5.74) is 7.74. The van der Waals surface area contributed by atoms with Crippen LogP contribution in [-0.2, 0) is 5.41 Å². The molecule has 1 aliphatic heterocycles. The number of nitrogens with zero attached hydrogens (tertiary/aromatic N) is 1. The Labute approximate surface area is 208 Å². The molecule has 1 atom stereocenters. The fourth-order valence-electron chi connectivity index (χ4n) is 3.55. The first-order valence-electron chi connectivity index (χ1n) is 11.8. The van der Waals surface area contributed by atoms with Crippen LogP contribution in [-0.4, -0.2) is 12.4 Å². The molecule has 0 bridgehead atoms. The summed E-state index contributed by atoms with van der Waals surface area (Å²) in [7, 11) is 0. The van der Waals surface area contributed by atoms with E-state index < -0.39 is 12.6 Å². The lowest BCUT2D eigenvalue weighted by atomic mass is 9.76. The molecule has 0 radical (unpaired) electrons. The molecule has 1 heterocycles. The standard InChI is InChI=1S/C25H26N2.C3H5F3.C2H6/c1-6-19-10-9-11-21(14-19)22-12-13-24-23(15-22)25(5,18(4)27-24)16-20(7-2)17-26-8-3;1-2-3(4,5)6;1-2/h6-15,17,27H,1-2,4,16H2,3,5H3;2H2,1H3;1-2H3/b20-17+,26-8?;;. The van der Waals surface area contributed by atoms with Crippen molar-refractivity contribution in [2.24, 2.45) is 4.99 Å². The number of benzene rings is 2. The van der Waals surface area contributed by atoms with Gasteiger partial charge in [-0.3, -0.25) is 4.99 Å². The molecule has 5 heteroatoms. The first-order valence-corrected chi connectivity index (χ1v) is 11.8. The molecule has 0 spiro atoms. The topological polar surface area (TPSA) is 24.4 Å². The summed E-state index contributed by atoms with van der Waals surface area (Å²) in [6, 6.07) is 15.0. The minimum absolute atomic E-state index is 0.218. The van der Waals surface area contributed by atoms with Crippen LogP contribution in [0.15, 0.2) is 90.7 Å². The number of nitrogens with one attached hydrogen (secondary N) is 1. The number of hydrogen-bond acceptors (Lipinski definition) is 2. The molecular weight excluding hydrogens is 445 g/mol. The zero-order chi connectivity index (χ0) is 26.6. The molecule has 1 unspecified atom stereocenters. The van der Waals surface area contributed by atoms with E-state index in [0.29, 0.717) is 0 Å². The van der Waals surface area contributed by atoms with Gasteiger partial charge in [0, 0.05) is 35.6 Å². The molecule has 1 aliphatic rings. The predicted octanol–water partition coefficient (Wildman–Crippen LogP) is 9.73. The van der Waals surface area contributed by atoms with Crippen LogP contribution >= 0.6 is 0 Å². The Morgan fingerprint density at radius 2 is 1.71 bits per heavy atom. The van der Waals surface area contributed by atoms with Gasteiger partial charge in [0.25, 0.3) is 0 Å². The highest BCUT2D eigenvalue weighted by Gasteiger charge is 2.38. The Morgan fingerprint density at radius 3 is 2.26 bits per heavy atom. The third kappa shape index (κ3) is 8.13. The minimum atomic E-state index is -3.96. The molecule has 35 heavy (non-hydrogen) atoms. The van der Waals surface area contributed by atoms with E-state index in [9.17, 15) is 13.2 Å². The lowest BCUT2D eigenvalue weighted by Gasteiger charge is -2.26. The van der Waals surface area contributed by atoms with E-state index >= 15 is 0 Å². The average molecular weight is 483 g/mol. The number of halogens is 3. The first kappa shape index (κ1) is 29.7. The maximum atomic E-state index is 10.8. The molecule has 2 nitrogen and oxygen atoms in total. The lowest BCUT2D eigenvalue weighted by molar-refractivity contribution is -0.130. The summed E-state index contributed by atoms with van der Waals surface area (Å²) in [6.07, 6.45) is 3.52. The third-order valence-corrected chi connectivity index (χ3v) is 5.63. The van der Waals surface area contributed by atoms with Gasteiger partial charge in [0.2, 0.25) is 0 Å². The Hall–Kier alpha value is -3.34. The SMILES string of the molecule is C=C/C(=C\N=CC)CC1(C)C(=C)Nc2ccc(-c3cccc(C=C)c3)cc21.CC.CCC(F)(F)F. The number of fused-ring (bicyclic) bond motifs is 1. The fourth-order valence-corrected chi connectivity index (χ4v) is 3.55. The van der Waals surface area contributed by atoms with E-state index in [1.807, 2.05) is 39.1 Å². The van der Waals surface area contributed by atoms with Gasteiger partial charge in [-0.1, -0.05) is 76.9 Å². The quantitative estimate of drug-likeness (QED) is 0.322. The highest BCUT2D eigenvalue weighted by molar-refractivity contribution is 5.76. The molecule has 0 amide bonds. The van der Waals surface area contributed by atoms with Crippen molar-refractivity contribution in [2.45, 2.75) is 59.1 Å². The zero-order valence-electron chi connectivity index (χ0n) is 21.5.